The molecule has 0 aromatic heterocycles. The third kappa shape index (κ3) is 5.68. The number of hydrogen-bond acceptors (Lipinski definition) is 4. The van der Waals surface area contributed by atoms with Gasteiger partial charge in [0.05, 0.1) is 10.6 Å². The molecule has 0 aliphatic heterocycles. The molecule has 0 heterocycles. The SMILES string of the molecule is CCN(c1ccc(OCC(=O)Nc2cc(C)cc(C)c2)cc1)S(=O)(=O)c1ccc(C)cc1. The number of aryl methyl sites for hydroxylation is 3. The van der Waals surface area contributed by atoms with E-state index in [9.17, 15) is 13.2 Å². The van der Waals surface area contributed by atoms with Crippen LogP contribution in [0.25, 0.3) is 0 Å². The standard InChI is InChI=1S/C25H28N2O4S/c1-5-27(32(29,30)24-12-6-18(2)7-13-24)22-8-10-23(11-9-22)31-17-25(28)26-21-15-19(3)14-20(4)16-21/h6-16H,5,17H2,1-4H3,(H,26,28). The lowest BCUT2D eigenvalue weighted by Gasteiger charge is -2.23. The van der Waals surface area contributed by atoms with Crippen LogP contribution in [-0.4, -0.2) is 27.5 Å². The van der Waals surface area contributed by atoms with Crippen LogP contribution in [-0.2, 0) is 14.8 Å². The molecule has 0 radical (unpaired) electrons. The summed E-state index contributed by atoms with van der Waals surface area (Å²) in [6.07, 6.45) is 0. The summed E-state index contributed by atoms with van der Waals surface area (Å²) in [7, 11) is -3.67. The lowest BCUT2D eigenvalue weighted by atomic mass is 10.1. The number of amides is 1. The number of carbonyl (C=O) groups excluding carboxylic acids is 1. The van der Waals surface area contributed by atoms with E-state index in [1.54, 1.807) is 55.5 Å². The molecule has 0 aliphatic carbocycles. The summed E-state index contributed by atoms with van der Waals surface area (Å²) in [5.41, 5.74) is 4.39. The van der Waals surface area contributed by atoms with Crippen molar-refractivity contribution in [3.05, 3.63) is 83.4 Å². The van der Waals surface area contributed by atoms with Gasteiger partial charge >= 0.3 is 0 Å². The monoisotopic (exact) mass is 452 g/mol. The predicted molar refractivity (Wildman–Crippen MR) is 128 cm³/mol. The van der Waals surface area contributed by atoms with E-state index in [2.05, 4.69) is 5.32 Å². The molecule has 0 saturated carbocycles. The maximum atomic E-state index is 13.0. The van der Waals surface area contributed by atoms with Gasteiger partial charge in [-0.3, -0.25) is 9.10 Å². The van der Waals surface area contributed by atoms with E-state index in [1.807, 2.05) is 39.0 Å². The number of carbonyl (C=O) groups is 1. The van der Waals surface area contributed by atoms with Crippen LogP contribution in [0.1, 0.15) is 23.6 Å². The summed E-state index contributed by atoms with van der Waals surface area (Å²) in [6, 6.07) is 19.3. The molecule has 1 amide bonds. The molecular formula is C25H28N2O4S. The molecule has 6 nitrogen and oxygen atoms in total. The fourth-order valence-electron chi connectivity index (χ4n) is 3.43. The fourth-order valence-corrected chi connectivity index (χ4v) is 4.90. The zero-order valence-corrected chi connectivity index (χ0v) is 19.6. The maximum absolute atomic E-state index is 13.0. The number of nitrogens with zero attached hydrogens (tertiary/aromatic N) is 1. The average molecular weight is 453 g/mol. The highest BCUT2D eigenvalue weighted by molar-refractivity contribution is 7.92. The van der Waals surface area contributed by atoms with Gasteiger partial charge in [0, 0.05) is 12.2 Å². The van der Waals surface area contributed by atoms with Gasteiger partial charge in [-0.25, -0.2) is 8.42 Å². The van der Waals surface area contributed by atoms with E-state index in [0.29, 0.717) is 11.4 Å². The molecule has 32 heavy (non-hydrogen) atoms. The Hall–Kier alpha value is -3.32. The molecule has 0 bridgehead atoms. The van der Waals surface area contributed by atoms with Gasteiger partial charge in [-0.1, -0.05) is 23.8 Å². The predicted octanol–water partition coefficient (Wildman–Crippen LogP) is 4.84. The summed E-state index contributed by atoms with van der Waals surface area (Å²) < 4.78 is 33.0. The summed E-state index contributed by atoms with van der Waals surface area (Å²) in [5, 5.41) is 2.82. The number of rotatable bonds is 8. The molecule has 7 heteroatoms. The van der Waals surface area contributed by atoms with Crippen molar-refractivity contribution in [3.63, 3.8) is 0 Å². The molecule has 3 aromatic carbocycles. The molecule has 0 aliphatic rings. The van der Waals surface area contributed by atoms with Gasteiger partial charge in [-0.2, -0.15) is 0 Å². The quantitative estimate of drug-likeness (QED) is 0.530. The Morgan fingerprint density at radius 3 is 2.03 bits per heavy atom. The second-order valence-electron chi connectivity index (χ2n) is 7.69. The van der Waals surface area contributed by atoms with Gasteiger partial charge in [0.15, 0.2) is 6.61 Å². The summed E-state index contributed by atoms with van der Waals surface area (Å²) in [4.78, 5) is 12.5. The normalized spacial score (nSPS) is 11.1. The van der Waals surface area contributed by atoms with E-state index in [1.165, 1.54) is 4.31 Å². The molecule has 3 rings (SSSR count). The average Bonchev–Trinajstić information content (AvgIpc) is 2.73. The van der Waals surface area contributed by atoms with Gasteiger partial charge in [0.1, 0.15) is 5.75 Å². The highest BCUT2D eigenvalue weighted by Gasteiger charge is 2.23. The van der Waals surface area contributed by atoms with Crippen molar-refractivity contribution in [2.24, 2.45) is 0 Å². The Balaban J connectivity index is 1.65. The smallest absolute Gasteiger partial charge is 0.264 e. The van der Waals surface area contributed by atoms with Crippen LogP contribution >= 0.6 is 0 Å². The van der Waals surface area contributed by atoms with Crippen molar-refractivity contribution < 1.29 is 17.9 Å². The van der Waals surface area contributed by atoms with Gasteiger partial charge in [0.2, 0.25) is 0 Å². The third-order valence-electron chi connectivity index (χ3n) is 4.90. The first kappa shape index (κ1) is 23.3. The number of sulfonamides is 1. The number of anilines is 2. The number of nitrogens with one attached hydrogen (secondary N) is 1. The minimum atomic E-state index is -3.67. The van der Waals surface area contributed by atoms with Crippen molar-refractivity contribution in [1.29, 1.82) is 0 Å². The van der Waals surface area contributed by atoms with Crippen LogP contribution in [0.5, 0.6) is 5.75 Å². The molecule has 0 fully saturated rings. The van der Waals surface area contributed by atoms with E-state index in [-0.39, 0.29) is 24.0 Å². The van der Waals surface area contributed by atoms with Crippen molar-refractivity contribution in [2.75, 3.05) is 22.8 Å². The van der Waals surface area contributed by atoms with E-state index >= 15 is 0 Å². The van der Waals surface area contributed by atoms with Crippen LogP contribution in [0.4, 0.5) is 11.4 Å². The Morgan fingerprint density at radius 2 is 1.47 bits per heavy atom. The molecule has 0 atom stereocenters. The van der Waals surface area contributed by atoms with Crippen LogP contribution in [0.2, 0.25) is 0 Å². The van der Waals surface area contributed by atoms with Gasteiger partial charge < -0.3 is 10.1 Å². The van der Waals surface area contributed by atoms with Crippen LogP contribution in [0.3, 0.4) is 0 Å². The lowest BCUT2D eigenvalue weighted by Crippen LogP contribution is -2.30. The van der Waals surface area contributed by atoms with Crippen molar-refractivity contribution in [1.82, 2.24) is 0 Å². The molecule has 168 valence electrons. The number of benzene rings is 3. The maximum Gasteiger partial charge on any atom is 0.264 e. The Labute approximate surface area is 189 Å². The van der Waals surface area contributed by atoms with Gasteiger partial charge in [-0.05, 0) is 87.4 Å². The Bertz CT molecular complexity index is 1170. The fraction of sp³-hybridized carbons (Fsp3) is 0.240. The van der Waals surface area contributed by atoms with Gasteiger partial charge in [-0.15, -0.1) is 0 Å². The largest absolute Gasteiger partial charge is 0.484 e. The minimum Gasteiger partial charge on any atom is -0.484 e. The number of hydrogen-bond donors (Lipinski definition) is 1. The summed E-state index contributed by atoms with van der Waals surface area (Å²) in [6.45, 7) is 7.78. The molecule has 0 unspecified atom stereocenters. The van der Waals surface area contributed by atoms with Crippen LogP contribution in [0.15, 0.2) is 71.6 Å². The van der Waals surface area contributed by atoms with Crippen molar-refractivity contribution in [2.45, 2.75) is 32.6 Å². The Morgan fingerprint density at radius 1 is 0.875 bits per heavy atom. The lowest BCUT2D eigenvalue weighted by molar-refractivity contribution is -0.118. The first-order valence-electron chi connectivity index (χ1n) is 10.4. The van der Waals surface area contributed by atoms with E-state index in [4.69, 9.17) is 4.74 Å². The number of ether oxygens (including phenoxy) is 1. The van der Waals surface area contributed by atoms with Crippen molar-refractivity contribution >= 4 is 27.3 Å². The second-order valence-corrected chi connectivity index (χ2v) is 9.55. The summed E-state index contributed by atoms with van der Waals surface area (Å²) >= 11 is 0. The zero-order chi connectivity index (χ0) is 23.3. The van der Waals surface area contributed by atoms with Crippen LogP contribution in [0, 0.1) is 20.8 Å². The first-order valence-corrected chi connectivity index (χ1v) is 11.8. The molecule has 0 saturated heterocycles. The highest BCUT2D eigenvalue weighted by Crippen LogP contribution is 2.26. The van der Waals surface area contributed by atoms with Gasteiger partial charge in [0.25, 0.3) is 15.9 Å². The molecular weight excluding hydrogens is 424 g/mol. The van der Waals surface area contributed by atoms with E-state index in [0.717, 1.165) is 22.4 Å². The third-order valence-corrected chi connectivity index (χ3v) is 6.81. The molecule has 0 spiro atoms. The summed E-state index contributed by atoms with van der Waals surface area (Å²) in [5.74, 6) is 0.212. The first-order chi connectivity index (χ1) is 15.2. The van der Waals surface area contributed by atoms with Crippen molar-refractivity contribution in [3.8, 4) is 5.75 Å². The molecule has 3 aromatic rings. The topological polar surface area (TPSA) is 75.7 Å². The zero-order valence-electron chi connectivity index (χ0n) is 18.8. The second kappa shape index (κ2) is 9.87. The minimum absolute atomic E-state index is 0.147. The van der Waals surface area contributed by atoms with Crippen LogP contribution < -0.4 is 14.4 Å². The highest BCUT2D eigenvalue weighted by atomic mass is 32.2. The Kier molecular flexibility index (Phi) is 7.20. The molecule has 1 N–H and O–H groups in total. The van der Waals surface area contributed by atoms with E-state index < -0.39 is 10.0 Å².